The topological polar surface area (TPSA) is 136 Å². The fourth-order valence-corrected chi connectivity index (χ4v) is 19.7. The summed E-state index contributed by atoms with van der Waals surface area (Å²) >= 11 is 3.67. The number of halogens is 1. The lowest BCUT2D eigenvalue weighted by Crippen LogP contribution is -2.69. The first-order chi connectivity index (χ1) is 40.5. The van der Waals surface area contributed by atoms with E-state index < -0.39 is 84.3 Å². The van der Waals surface area contributed by atoms with Gasteiger partial charge in [0.2, 0.25) is 0 Å². The minimum atomic E-state index is -2.51. The van der Waals surface area contributed by atoms with Crippen LogP contribution in [0.15, 0.2) is 34.5 Å². The summed E-state index contributed by atoms with van der Waals surface area (Å²) in [4.78, 5) is 26.5. The Morgan fingerprint density at radius 2 is 1.20 bits per heavy atom. The van der Waals surface area contributed by atoms with Crippen LogP contribution in [0.5, 0.6) is 0 Å². The van der Waals surface area contributed by atoms with Gasteiger partial charge in [-0.05, 0) is 163 Å². The van der Waals surface area contributed by atoms with E-state index in [1.54, 1.807) is 7.11 Å². The number of carbonyl (C=O) groups excluding carboxylic acids is 2. The molecule has 5 aliphatic heterocycles. The summed E-state index contributed by atoms with van der Waals surface area (Å²) in [6.45, 7) is 69.1. The van der Waals surface area contributed by atoms with Crippen molar-refractivity contribution in [3.05, 3.63) is 34.5 Å². The van der Waals surface area contributed by atoms with E-state index in [0.717, 1.165) is 43.1 Å². The number of ether oxygens (including phenoxy) is 6. The first kappa shape index (κ1) is 80.0. The SMILES string of the molecule is C=C1C[C@H](CCC=O)OC1CC[C@H]1C[C@@H](C)C(=C)C(CC2O[C@H](C[C@@H](CO[Si](C)(C)C(C)(C)C)O[Si](C)(C)C(C)(C)C)[C@H](OC)[C@H]2SC(=O)C[C@H]2CC[C@@H]3OC(C(/C=C/I)O[Si](C)(C)C(C)(C)C)C(O[Si](C)(C)C(C)(C)C)C(O[Si](C)(C)C(C)(C)C)[C@H]3O2)O1. The Morgan fingerprint density at radius 1 is 0.652 bits per heavy atom. The largest absolute Gasteiger partial charge is 0.414 e. The van der Waals surface area contributed by atoms with E-state index in [1.807, 2.05) is 0 Å². The zero-order chi connectivity index (χ0) is 67.6. The minimum absolute atomic E-state index is 0.0124. The third-order valence-corrected chi connectivity index (χ3v) is 46.9. The molecule has 20 heteroatoms. The molecule has 0 radical (unpaired) electrons. The van der Waals surface area contributed by atoms with Gasteiger partial charge in [0, 0.05) is 32.8 Å². The maximum Gasteiger partial charge on any atom is 0.193 e. The fourth-order valence-electron chi connectivity index (χ4n) is 11.7. The Kier molecular flexibility index (Phi) is 27.9. The van der Waals surface area contributed by atoms with Crippen LogP contribution in [0.1, 0.15) is 181 Å². The summed E-state index contributed by atoms with van der Waals surface area (Å²) < 4.78 is 81.6. The molecule has 0 saturated carbocycles. The van der Waals surface area contributed by atoms with Gasteiger partial charge < -0.3 is 55.3 Å². The standard InChI is InChI=1S/C69H129IO13SSi5/c1-45-39-49(32-34-52-46(2)40-48(75-52)31-30-38-71)76-55(47(45)3)43-57-64(61(73-19)56(78-57)41-51(80-86(22,23)66(7,8)9)44-74-85(20,21)65(4,5)6)84-58(72)42-50-33-35-53-59(77-50)62(82-88(26,27)68(13,14)15)63(83-89(28,29)69(16,17)18)60(79-53)54(36-37-70)81-87(24,25)67(10,11)12/h36-38,45,48-57,59-64H,2-3,30-35,39-44H2,1,4-29H3/b37-36+/t45-,48+,49+,50-,51+,52?,53+,54?,55?,56-,57?,59+,60?,61+,62?,63?,64+/m1/s1. The monoisotopic (exact) mass is 1460 g/mol. The van der Waals surface area contributed by atoms with Crippen molar-refractivity contribution in [2.75, 3.05) is 13.7 Å². The molecule has 0 aromatic rings. The van der Waals surface area contributed by atoms with Gasteiger partial charge in [-0.15, -0.1) is 0 Å². The van der Waals surface area contributed by atoms with Crippen molar-refractivity contribution < 1.29 is 60.1 Å². The molecule has 17 atom stereocenters. The third-order valence-electron chi connectivity index (χ3n) is 22.8. The first-order valence-corrected chi connectivity index (χ1v) is 50.6. The smallest absolute Gasteiger partial charge is 0.193 e. The molecule has 5 fully saturated rings. The highest BCUT2D eigenvalue weighted by molar-refractivity contribution is 14.1. The van der Waals surface area contributed by atoms with E-state index >= 15 is 4.79 Å². The molecule has 5 heterocycles. The van der Waals surface area contributed by atoms with E-state index in [1.165, 1.54) is 11.8 Å². The molecule has 5 rings (SSSR count). The Bertz CT molecular complexity index is 2370. The summed E-state index contributed by atoms with van der Waals surface area (Å²) in [5, 5.41) is -0.622. The summed E-state index contributed by atoms with van der Waals surface area (Å²) in [5.41, 5.74) is 2.14. The van der Waals surface area contributed by atoms with Gasteiger partial charge in [-0.25, -0.2) is 0 Å². The molecule has 0 N–H and O–H groups in total. The van der Waals surface area contributed by atoms with Gasteiger partial charge in [-0.1, -0.05) is 158 Å². The minimum Gasteiger partial charge on any atom is -0.414 e. The Labute approximate surface area is 566 Å². The van der Waals surface area contributed by atoms with Crippen LogP contribution in [-0.4, -0.2) is 164 Å². The van der Waals surface area contributed by atoms with Crippen LogP contribution in [0.2, 0.25) is 90.7 Å². The Balaban J connectivity index is 1.51. The van der Waals surface area contributed by atoms with Crippen molar-refractivity contribution >= 4 is 87.3 Å². The summed E-state index contributed by atoms with van der Waals surface area (Å²) in [5.74, 6) is 0.214. The van der Waals surface area contributed by atoms with E-state index in [9.17, 15) is 4.79 Å². The number of hydrogen-bond acceptors (Lipinski definition) is 14. The average molecular weight is 1470 g/mol. The zero-order valence-electron chi connectivity index (χ0n) is 61.0. The summed E-state index contributed by atoms with van der Waals surface area (Å²) in [6, 6.07) is 0. The first-order valence-electron chi connectivity index (χ1n) is 33.9. The number of methoxy groups -OCH3 is 1. The second-order valence-corrected chi connectivity index (χ2v) is 60.6. The van der Waals surface area contributed by atoms with Crippen LogP contribution in [-0.2, 0) is 60.1 Å². The van der Waals surface area contributed by atoms with Gasteiger partial charge in [0.25, 0.3) is 0 Å². The summed E-state index contributed by atoms with van der Waals surface area (Å²) in [7, 11) is -10.1. The molecule has 0 spiro atoms. The highest BCUT2D eigenvalue weighted by Gasteiger charge is 2.59. The zero-order valence-corrected chi connectivity index (χ0v) is 69.0. The predicted molar refractivity (Wildman–Crippen MR) is 389 cm³/mol. The molecule has 0 aliphatic carbocycles. The molecule has 516 valence electrons. The highest BCUT2D eigenvalue weighted by Crippen LogP contribution is 2.50. The molecular formula is C69H129IO13SSi5. The van der Waals surface area contributed by atoms with Gasteiger partial charge in [0.1, 0.15) is 30.7 Å². The van der Waals surface area contributed by atoms with Crippen molar-refractivity contribution in [2.45, 2.75) is 369 Å². The maximum atomic E-state index is 15.3. The second-order valence-electron chi connectivity index (χ2n) is 34.8. The van der Waals surface area contributed by atoms with E-state index in [4.69, 9.17) is 50.6 Å². The van der Waals surface area contributed by atoms with Crippen molar-refractivity contribution in [3.63, 3.8) is 0 Å². The third kappa shape index (κ3) is 20.7. The van der Waals surface area contributed by atoms with Crippen LogP contribution in [0.25, 0.3) is 0 Å². The average Bonchev–Trinajstić information content (AvgIpc) is 1.32. The molecule has 0 bridgehead atoms. The lowest BCUT2D eigenvalue weighted by Gasteiger charge is -2.56. The Hall–Kier alpha value is 0.284. The van der Waals surface area contributed by atoms with E-state index in [0.29, 0.717) is 45.1 Å². The van der Waals surface area contributed by atoms with Gasteiger partial charge >= 0.3 is 0 Å². The van der Waals surface area contributed by atoms with Gasteiger partial charge in [0.15, 0.2) is 46.7 Å². The molecule has 5 saturated heterocycles. The fraction of sp³-hybridized carbons (Fsp3) is 0.884. The number of rotatable bonds is 27. The molecule has 89 heavy (non-hydrogen) atoms. The lowest BCUT2D eigenvalue weighted by molar-refractivity contribution is -0.266. The van der Waals surface area contributed by atoms with Crippen molar-refractivity contribution in [2.24, 2.45) is 5.92 Å². The second kappa shape index (κ2) is 31.0. The van der Waals surface area contributed by atoms with Crippen LogP contribution in [0, 0.1) is 5.92 Å². The normalized spacial score (nSPS) is 31.8. The van der Waals surface area contributed by atoms with Crippen LogP contribution in [0.4, 0.5) is 0 Å². The maximum absolute atomic E-state index is 15.3. The van der Waals surface area contributed by atoms with Crippen molar-refractivity contribution in [1.82, 2.24) is 0 Å². The predicted octanol–water partition coefficient (Wildman–Crippen LogP) is 18.2. The quantitative estimate of drug-likeness (QED) is 0.0334. The van der Waals surface area contributed by atoms with E-state index in [2.05, 4.69) is 222 Å². The molecule has 0 amide bonds. The molecule has 0 aromatic heterocycles. The van der Waals surface area contributed by atoms with Crippen molar-refractivity contribution in [3.8, 4) is 0 Å². The molecule has 0 aromatic carbocycles. The van der Waals surface area contributed by atoms with Gasteiger partial charge in [-0.2, -0.15) is 0 Å². The number of aldehydes is 1. The summed E-state index contributed by atoms with van der Waals surface area (Å²) in [6.07, 6.45) is 5.33. The van der Waals surface area contributed by atoms with Crippen molar-refractivity contribution in [1.29, 1.82) is 0 Å². The highest BCUT2D eigenvalue weighted by atomic mass is 127. The van der Waals surface area contributed by atoms with Crippen LogP contribution < -0.4 is 0 Å². The lowest BCUT2D eigenvalue weighted by atomic mass is 9.84. The number of hydrogen-bond donors (Lipinski definition) is 0. The Morgan fingerprint density at radius 3 is 1.74 bits per heavy atom. The number of carbonyl (C=O) groups is 2. The van der Waals surface area contributed by atoms with Gasteiger partial charge in [-0.3, -0.25) is 4.79 Å². The number of thioether (sulfide) groups is 1. The molecule has 5 aliphatic rings. The molecular weight excluding hydrogens is 1340 g/mol. The van der Waals surface area contributed by atoms with Crippen LogP contribution >= 0.6 is 34.4 Å². The van der Waals surface area contributed by atoms with Crippen LogP contribution in [0.3, 0.4) is 0 Å². The van der Waals surface area contributed by atoms with E-state index in [-0.39, 0.29) is 96.7 Å². The number of fused-ring (bicyclic) bond motifs is 1. The molecule has 13 nitrogen and oxygen atoms in total. The molecule has 7 unspecified atom stereocenters. The van der Waals surface area contributed by atoms with Gasteiger partial charge in [0.05, 0.1) is 79.0 Å².